The van der Waals surface area contributed by atoms with Gasteiger partial charge in [0.15, 0.2) is 0 Å². The molecule has 2 saturated carbocycles. The molecule has 1 saturated heterocycles. The van der Waals surface area contributed by atoms with Crippen molar-refractivity contribution in [3.63, 3.8) is 0 Å². The molecule has 1 aromatic rings. The van der Waals surface area contributed by atoms with Gasteiger partial charge in [-0.2, -0.15) is 0 Å². The number of pyridine rings is 1. The average Bonchev–Trinajstić information content (AvgIpc) is 2.69. The van der Waals surface area contributed by atoms with Crippen LogP contribution in [0.5, 0.6) is 0 Å². The summed E-state index contributed by atoms with van der Waals surface area (Å²) in [5.41, 5.74) is 7.44. The Balaban J connectivity index is 1.28. The van der Waals surface area contributed by atoms with Crippen LogP contribution >= 0.6 is 0 Å². The zero-order chi connectivity index (χ0) is 19.7. The number of hydrogen-bond donors (Lipinski definition) is 2. The monoisotopic (exact) mass is 384 g/mol. The first-order valence-electron chi connectivity index (χ1n) is 10.8. The number of amides is 2. The number of aromatic nitrogens is 1. The van der Waals surface area contributed by atoms with Crippen molar-refractivity contribution in [2.75, 3.05) is 18.4 Å². The highest BCUT2D eigenvalue weighted by Crippen LogP contribution is 2.42. The summed E-state index contributed by atoms with van der Waals surface area (Å²) in [5, 5.41) is 2.91. The van der Waals surface area contributed by atoms with Gasteiger partial charge in [-0.05, 0) is 68.9 Å². The molecule has 2 atom stereocenters. The molecule has 2 bridgehead atoms. The summed E-state index contributed by atoms with van der Waals surface area (Å²) in [7, 11) is 0. The number of carbonyl (C=O) groups is 2. The van der Waals surface area contributed by atoms with E-state index in [1.807, 2.05) is 24.0 Å². The fourth-order valence-electron chi connectivity index (χ4n) is 5.38. The highest BCUT2D eigenvalue weighted by molar-refractivity contribution is 5.92. The number of nitrogens with one attached hydrogen (secondary N) is 1. The lowest BCUT2D eigenvalue weighted by molar-refractivity contribution is -0.141. The highest BCUT2D eigenvalue weighted by Gasteiger charge is 2.42. The summed E-state index contributed by atoms with van der Waals surface area (Å²) < 4.78 is 0. The third-order valence-electron chi connectivity index (χ3n) is 7.10. The van der Waals surface area contributed by atoms with Crippen LogP contribution in [0.3, 0.4) is 0 Å². The highest BCUT2D eigenvalue weighted by atomic mass is 16.2. The summed E-state index contributed by atoms with van der Waals surface area (Å²) in [6, 6.07) is 4.06. The van der Waals surface area contributed by atoms with Crippen molar-refractivity contribution in [3.8, 4) is 0 Å². The van der Waals surface area contributed by atoms with E-state index < -0.39 is 0 Å². The van der Waals surface area contributed by atoms with Crippen LogP contribution in [0.1, 0.15) is 50.5 Å². The number of fused-ring (bicyclic) bond motifs is 2. The van der Waals surface area contributed by atoms with E-state index in [9.17, 15) is 9.59 Å². The van der Waals surface area contributed by atoms with Crippen molar-refractivity contribution in [2.24, 2.45) is 29.4 Å². The molecule has 6 heteroatoms. The van der Waals surface area contributed by atoms with Crippen LogP contribution in [0.4, 0.5) is 5.82 Å². The van der Waals surface area contributed by atoms with E-state index in [0.29, 0.717) is 42.7 Å². The predicted octanol–water partition coefficient (Wildman–Crippen LogP) is 2.72. The van der Waals surface area contributed by atoms with Crippen LogP contribution in [-0.4, -0.2) is 40.8 Å². The number of carbonyl (C=O) groups excluding carboxylic acids is 2. The Morgan fingerprint density at radius 2 is 1.75 bits per heavy atom. The zero-order valence-corrected chi connectivity index (χ0v) is 16.8. The van der Waals surface area contributed by atoms with E-state index in [1.54, 1.807) is 6.20 Å². The van der Waals surface area contributed by atoms with Gasteiger partial charge >= 0.3 is 0 Å². The molecule has 0 aromatic carbocycles. The number of rotatable bonds is 3. The van der Waals surface area contributed by atoms with Crippen molar-refractivity contribution in [3.05, 3.63) is 23.9 Å². The van der Waals surface area contributed by atoms with Crippen LogP contribution in [-0.2, 0) is 9.59 Å². The molecule has 3 aliphatic rings. The molecule has 28 heavy (non-hydrogen) atoms. The SMILES string of the molecule is Cc1ccc(NC(=O)C2CCN(C(=O)C3CC4CCCC(C3)C4N)CC2)nc1. The van der Waals surface area contributed by atoms with Gasteiger partial charge in [-0.3, -0.25) is 9.59 Å². The third-order valence-corrected chi connectivity index (χ3v) is 7.10. The summed E-state index contributed by atoms with van der Waals surface area (Å²) in [6.45, 7) is 3.32. The minimum atomic E-state index is -0.0497. The summed E-state index contributed by atoms with van der Waals surface area (Å²) in [5.74, 6) is 2.03. The first kappa shape index (κ1) is 19.4. The molecule has 2 heterocycles. The Labute approximate surface area is 167 Å². The van der Waals surface area contributed by atoms with Gasteiger partial charge in [0.1, 0.15) is 5.82 Å². The summed E-state index contributed by atoms with van der Waals surface area (Å²) in [6.07, 6.45) is 8.73. The third kappa shape index (κ3) is 4.07. The maximum absolute atomic E-state index is 13.1. The molecule has 1 aromatic heterocycles. The molecule has 2 amide bonds. The molecule has 6 nitrogen and oxygen atoms in total. The lowest BCUT2D eigenvalue weighted by Gasteiger charge is -2.45. The molecule has 4 rings (SSSR count). The van der Waals surface area contributed by atoms with Gasteiger partial charge in [0.2, 0.25) is 11.8 Å². The molecular weight excluding hydrogens is 352 g/mol. The fraction of sp³-hybridized carbons (Fsp3) is 0.682. The Kier molecular flexibility index (Phi) is 5.67. The molecule has 2 aliphatic carbocycles. The van der Waals surface area contributed by atoms with Gasteiger partial charge in [-0.1, -0.05) is 12.5 Å². The topological polar surface area (TPSA) is 88.3 Å². The van der Waals surface area contributed by atoms with Gasteiger partial charge in [0.05, 0.1) is 0 Å². The van der Waals surface area contributed by atoms with E-state index in [1.165, 1.54) is 19.3 Å². The van der Waals surface area contributed by atoms with Crippen molar-refractivity contribution < 1.29 is 9.59 Å². The number of piperidine rings is 1. The normalized spacial score (nSPS) is 30.7. The Bertz CT molecular complexity index is 698. The molecule has 0 spiro atoms. The van der Waals surface area contributed by atoms with E-state index in [2.05, 4.69) is 10.3 Å². The van der Waals surface area contributed by atoms with Gasteiger partial charge in [-0.25, -0.2) is 4.98 Å². The number of likely N-dealkylation sites (tertiary alicyclic amines) is 1. The zero-order valence-electron chi connectivity index (χ0n) is 16.8. The molecule has 3 N–H and O–H groups in total. The van der Waals surface area contributed by atoms with Crippen molar-refractivity contribution in [2.45, 2.75) is 57.9 Å². The second-order valence-corrected chi connectivity index (χ2v) is 9.01. The van der Waals surface area contributed by atoms with Crippen LogP contribution in [0, 0.1) is 30.6 Å². The van der Waals surface area contributed by atoms with Gasteiger partial charge in [0.25, 0.3) is 0 Å². The first-order chi connectivity index (χ1) is 13.5. The number of nitrogens with two attached hydrogens (primary N) is 1. The van der Waals surface area contributed by atoms with Gasteiger partial charge in [-0.15, -0.1) is 0 Å². The molecule has 1 aliphatic heterocycles. The van der Waals surface area contributed by atoms with E-state index in [0.717, 1.165) is 31.2 Å². The minimum Gasteiger partial charge on any atom is -0.342 e. The molecule has 2 unspecified atom stereocenters. The van der Waals surface area contributed by atoms with E-state index in [-0.39, 0.29) is 17.7 Å². The van der Waals surface area contributed by atoms with Crippen LogP contribution in [0.15, 0.2) is 18.3 Å². The lowest BCUT2D eigenvalue weighted by atomic mass is 9.65. The minimum absolute atomic E-state index is 0.0154. The maximum Gasteiger partial charge on any atom is 0.228 e. The van der Waals surface area contributed by atoms with Crippen molar-refractivity contribution in [1.29, 1.82) is 0 Å². The van der Waals surface area contributed by atoms with Gasteiger partial charge < -0.3 is 16.0 Å². The quantitative estimate of drug-likeness (QED) is 0.839. The lowest BCUT2D eigenvalue weighted by Crippen LogP contribution is -2.51. The molecule has 152 valence electrons. The number of aryl methyl sites for hydroxylation is 1. The number of nitrogens with zero attached hydrogens (tertiary/aromatic N) is 2. The Morgan fingerprint density at radius 3 is 2.36 bits per heavy atom. The maximum atomic E-state index is 13.1. The van der Waals surface area contributed by atoms with Crippen LogP contribution in [0.25, 0.3) is 0 Å². The fourth-order valence-corrected chi connectivity index (χ4v) is 5.38. The Morgan fingerprint density at radius 1 is 1.07 bits per heavy atom. The second kappa shape index (κ2) is 8.19. The Hall–Kier alpha value is -1.95. The summed E-state index contributed by atoms with van der Waals surface area (Å²) >= 11 is 0. The summed E-state index contributed by atoms with van der Waals surface area (Å²) in [4.78, 5) is 31.8. The molecule has 3 fully saturated rings. The van der Waals surface area contributed by atoms with Crippen molar-refractivity contribution in [1.82, 2.24) is 9.88 Å². The smallest absolute Gasteiger partial charge is 0.228 e. The molecule has 0 radical (unpaired) electrons. The van der Waals surface area contributed by atoms with Crippen molar-refractivity contribution >= 4 is 17.6 Å². The van der Waals surface area contributed by atoms with Gasteiger partial charge in [0, 0.05) is 37.2 Å². The predicted molar refractivity (Wildman–Crippen MR) is 108 cm³/mol. The number of anilines is 1. The van der Waals surface area contributed by atoms with E-state index in [4.69, 9.17) is 5.73 Å². The molecular formula is C22H32N4O2. The van der Waals surface area contributed by atoms with E-state index >= 15 is 0 Å². The number of hydrogen-bond acceptors (Lipinski definition) is 4. The first-order valence-corrected chi connectivity index (χ1v) is 10.8. The standard InChI is InChI=1S/C22H32N4O2/c1-14-5-6-19(24-13-14)25-21(27)15-7-9-26(10-8-15)22(28)18-11-16-3-2-4-17(12-18)20(16)23/h5-6,13,15-18,20H,2-4,7-12,23H2,1H3,(H,24,25,27). The van der Waals surface area contributed by atoms with Crippen LogP contribution in [0.2, 0.25) is 0 Å². The average molecular weight is 385 g/mol. The van der Waals surface area contributed by atoms with Crippen LogP contribution < -0.4 is 11.1 Å². The largest absolute Gasteiger partial charge is 0.342 e. The second-order valence-electron chi connectivity index (χ2n) is 9.01.